The molecular formula is C17H20N4OS. The van der Waals surface area contributed by atoms with Gasteiger partial charge in [0, 0.05) is 55.9 Å². The van der Waals surface area contributed by atoms with Gasteiger partial charge in [0.1, 0.15) is 0 Å². The zero-order valence-electron chi connectivity index (χ0n) is 13.1. The Hall–Kier alpha value is -2.02. The van der Waals surface area contributed by atoms with Gasteiger partial charge >= 0.3 is 0 Å². The lowest BCUT2D eigenvalue weighted by molar-refractivity contribution is 0.139. The summed E-state index contributed by atoms with van der Waals surface area (Å²) in [4.78, 5) is 12.4. The van der Waals surface area contributed by atoms with Gasteiger partial charge in [0.2, 0.25) is 5.95 Å². The number of aromatic nitrogens is 3. The smallest absolute Gasteiger partial charge is 0.233 e. The first kappa shape index (κ1) is 15.9. The molecule has 0 atom stereocenters. The van der Waals surface area contributed by atoms with Crippen LogP contribution < -0.4 is 0 Å². The maximum atomic E-state index is 5.26. The molecule has 0 saturated heterocycles. The summed E-state index contributed by atoms with van der Waals surface area (Å²) in [6.45, 7) is 3.34. The summed E-state index contributed by atoms with van der Waals surface area (Å²) in [5.74, 6) is 0.704. The van der Waals surface area contributed by atoms with Gasteiger partial charge in [-0.2, -0.15) is 0 Å². The number of thiophene rings is 1. The molecule has 0 fully saturated rings. The van der Waals surface area contributed by atoms with Gasteiger partial charge in [0.25, 0.3) is 0 Å². The normalized spacial score (nSPS) is 11.2. The van der Waals surface area contributed by atoms with Crippen LogP contribution in [0.1, 0.15) is 10.6 Å². The van der Waals surface area contributed by atoms with Crippen LogP contribution >= 0.6 is 11.3 Å². The van der Waals surface area contributed by atoms with Crippen molar-refractivity contribution in [3.63, 3.8) is 0 Å². The fourth-order valence-electron chi connectivity index (χ4n) is 2.44. The first-order valence-electron chi connectivity index (χ1n) is 7.54. The predicted molar refractivity (Wildman–Crippen MR) is 91.7 cm³/mol. The highest BCUT2D eigenvalue weighted by Crippen LogP contribution is 2.16. The van der Waals surface area contributed by atoms with Crippen LogP contribution in [0.4, 0.5) is 0 Å². The van der Waals surface area contributed by atoms with E-state index in [0.717, 1.165) is 19.6 Å². The lowest BCUT2D eigenvalue weighted by Gasteiger charge is -2.22. The standard InChI is InChI=1S/C17H20N4OS/c1-22-11-10-20(14-16-6-3-12-23-16)13-15-5-2-9-21(15)17-18-7-4-8-19-17/h2-9,12H,10-11,13-14H2,1H3. The average molecular weight is 328 g/mol. The Labute approximate surface area is 140 Å². The lowest BCUT2D eigenvalue weighted by Crippen LogP contribution is -2.27. The zero-order valence-corrected chi connectivity index (χ0v) is 13.9. The Morgan fingerprint density at radius 2 is 2.00 bits per heavy atom. The topological polar surface area (TPSA) is 43.2 Å². The van der Waals surface area contributed by atoms with Crippen molar-refractivity contribution in [3.05, 3.63) is 64.9 Å². The third-order valence-electron chi connectivity index (χ3n) is 3.56. The summed E-state index contributed by atoms with van der Waals surface area (Å²) < 4.78 is 7.29. The minimum Gasteiger partial charge on any atom is -0.383 e. The van der Waals surface area contributed by atoms with E-state index in [1.165, 1.54) is 10.6 Å². The lowest BCUT2D eigenvalue weighted by atomic mass is 10.3. The van der Waals surface area contributed by atoms with Gasteiger partial charge in [-0.25, -0.2) is 9.97 Å². The maximum absolute atomic E-state index is 5.26. The Bertz CT molecular complexity index is 696. The van der Waals surface area contributed by atoms with E-state index < -0.39 is 0 Å². The molecule has 0 saturated carbocycles. The second kappa shape index (κ2) is 8.01. The molecule has 3 heterocycles. The molecule has 6 heteroatoms. The number of hydrogen-bond acceptors (Lipinski definition) is 5. The maximum Gasteiger partial charge on any atom is 0.233 e. The molecule has 0 N–H and O–H groups in total. The third-order valence-corrected chi connectivity index (χ3v) is 4.42. The van der Waals surface area contributed by atoms with E-state index in [2.05, 4.69) is 38.4 Å². The Kier molecular flexibility index (Phi) is 5.52. The number of nitrogens with zero attached hydrogens (tertiary/aromatic N) is 4. The second-order valence-corrected chi connectivity index (χ2v) is 6.23. The average Bonchev–Trinajstić information content (AvgIpc) is 3.25. The van der Waals surface area contributed by atoms with Crippen LogP contribution in [0.2, 0.25) is 0 Å². The molecule has 0 aliphatic rings. The first-order chi connectivity index (χ1) is 11.4. The van der Waals surface area contributed by atoms with Crippen LogP contribution in [-0.2, 0) is 17.8 Å². The van der Waals surface area contributed by atoms with Crippen molar-refractivity contribution >= 4 is 11.3 Å². The number of rotatable bonds is 8. The van der Waals surface area contributed by atoms with E-state index in [0.29, 0.717) is 12.6 Å². The van der Waals surface area contributed by atoms with Crippen LogP contribution in [-0.4, -0.2) is 39.7 Å². The third kappa shape index (κ3) is 4.25. The Balaban J connectivity index is 1.76. The summed E-state index contributed by atoms with van der Waals surface area (Å²) >= 11 is 1.78. The quantitative estimate of drug-likeness (QED) is 0.637. The molecule has 3 rings (SSSR count). The van der Waals surface area contributed by atoms with Crippen molar-refractivity contribution < 1.29 is 4.74 Å². The summed E-state index contributed by atoms with van der Waals surface area (Å²) in [6, 6.07) is 10.2. The van der Waals surface area contributed by atoms with Crippen LogP contribution in [0.15, 0.2) is 54.3 Å². The zero-order chi connectivity index (χ0) is 15.9. The van der Waals surface area contributed by atoms with Gasteiger partial charge in [0.15, 0.2) is 0 Å². The van der Waals surface area contributed by atoms with Crippen molar-refractivity contribution in [1.29, 1.82) is 0 Å². The summed E-state index contributed by atoms with van der Waals surface area (Å²) in [6.07, 6.45) is 5.53. The van der Waals surface area contributed by atoms with Gasteiger partial charge in [-0.3, -0.25) is 9.47 Å². The van der Waals surface area contributed by atoms with Gasteiger partial charge in [0.05, 0.1) is 6.61 Å². The van der Waals surface area contributed by atoms with Crippen molar-refractivity contribution in [2.24, 2.45) is 0 Å². The van der Waals surface area contributed by atoms with Crippen LogP contribution in [0.3, 0.4) is 0 Å². The van der Waals surface area contributed by atoms with E-state index >= 15 is 0 Å². The molecule has 3 aromatic heterocycles. The molecule has 3 aromatic rings. The summed E-state index contributed by atoms with van der Waals surface area (Å²) in [5.41, 5.74) is 1.17. The van der Waals surface area contributed by atoms with E-state index in [9.17, 15) is 0 Å². The van der Waals surface area contributed by atoms with E-state index in [1.807, 2.05) is 22.9 Å². The Morgan fingerprint density at radius 3 is 2.74 bits per heavy atom. The first-order valence-corrected chi connectivity index (χ1v) is 8.42. The summed E-state index contributed by atoms with van der Waals surface area (Å²) in [5, 5.41) is 2.12. The van der Waals surface area contributed by atoms with Crippen LogP contribution in [0.25, 0.3) is 5.95 Å². The van der Waals surface area contributed by atoms with Crippen LogP contribution in [0.5, 0.6) is 0 Å². The number of ether oxygens (including phenoxy) is 1. The largest absolute Gasteiger partial charge is 0.383 e. The summed E-state index contributed by atoms with van der Waals surface area (Å²) in [7, 11) is 1.74. The molecule has 0 bridgehead atoms. The number of hydrogen-bond donors (Lipinski definition) is 0. The van der Waals surface area contributed by atoms with Crippen molar-refractivity contribution in [3.8, 4) is 5.95 Å². The van der Waals surface area contributed by atoms with Gasteiger partial charge in [-0.05, 0) is 29.6 Å². The molecule has 5 nitrogen and oxygen atoms in total. The molecule has 120 valence electrons. The fraction of sp³-hybridized carbons (Fsp3) is 0.294. The van der Waals surface area contributed by atoms with Gasteiger partial charge in [-0.15, -0.1) is 11.3 Å². The highest BCUT2D eigenvalue weighted by molar-refractivity contribution is 7.09. The minimum atomic E-state index is 0.704. The van der Waals surface area contributed by atoms with E-state index in [-0.39, 0.29) is 0 Å². The highest BCUT2D eigenvalue weighted by atomic mass is 32.1. The number of methoxy groups -OCH3 is 1. The van der Waals surface area contributed by atoms with E-state index in [1.54, 1.807) is 30.8 Å². The van der Waals surface area contributed by atoms with Gasteiger partial charge in [-0.1, -0.05) is 6.07 Å². The molecule has 0 aliphatic carbocycles. The van der Waals surface area contributed by atoms with Crippen molar-refractivity contribution in [2.75, 3.05) is 20.3 Å². The monoisotopic (exact) mass is 328 g/mol. The molecule has 23 heavy (non-hydrogen) atoms. The SMILES string of the molecule is COCCN(Cc1cccs1)Cc1cccn1-c1ncccn1. The highest BCUT2D eigenvalue weighted by Gasteiger charge is 2.12. The predicted octanol–water partition coefficient (Wildman–Crippen LogP) is 2.98. The van der Waals surface area contributed by atoms with Crippen LogP contribution in [0, 0.1) is 0 Å². The minimum absolute atomic E-state index is 0.704. The fourth-order valence-corrected chi connectivity index (χ4v) is 3.19. The molecule has 0 spiro atoms. The second-order valence-electron chi connectivity index (χ2n) is 5.20. The molecule has 0 radical (unpaired) electrons. The van der Waals surface area contributed by atoms with Crippen molar-refractivity contribution in [1.82, 2.24) is 19.4 Å². The van der Waals surface area contributed by atoms with Crippen molar-refractivity contribution in [2.45, 2.75) is 13.1 Å². The molecule has 0 amide bonds. The molecule has 0 aliphatic heterocycles. The Morgan fingerprint density at radius 1 is 1.13 bits per heavy atom. The van der Waals surface area contributed by atoms with Gasteiger partial charge < -0.3 is 4.74 Å². The molecule has 0 aromatic carbocycles. The van der Waals surface area contributed by atoms with E-state index in [4.69, 9.17) is 4.74 Å². The molecular weight excluding hydrogens is 308 g/mol. The molecule has 0 unspecified atom stereocenters.